The van der Waals surface area contributed by atoms with Gasteiger partial charge in [0, 0.05) is 30.7 Å². The highest BCUT2D eigenvalue weighted by Crippen LogP contribution is 2.32. The molecule has 1 saturated carbocycles. The van der Waals surface area contributed by atoms with Gasteiger partial charge in [0.15, 0.2) is 0 Å². The maximum Gasteiger partial charge on any atom is 0.0309 e. The first-order valence-corrected chi connectivity index (χ1v) is 7.18. The molecule has 2 aliphatic rings. The molecule has 0 radical (unpaired) electrons. The molecule has 0 amide bonds. The molecule has 2 nitrogen and oxygen atoms in total. The summed E-state index contributed by atoms with van der Waals surface area (Å²) in [6, 6.07) is 1.46. The second-order valence-corrected chi connectivity index (χ2v) is 6.05. The van der Waals surface area contributed by atoms with Gasteiger partial charge >= 0.3 is 0 Å². The quantitative estimate of drug-likeness (QED) is 0.776. The van der Waals surface area contributed by atoms with Crippen LogP contribution in [0.1, 0.15) is 59.3 Å². The Morgan fingerprint density at radius 1 is 1.25 bits per heavy atom. The van der Waals surface area contributed by atoms with Crippen LogP contribution in [0.3, 0.4) is 0 Å². The van der Waals surface area contributed by atoms with Crippen molar-refractivity contribution in [1.29, 1.82) is 0 Å². The molecule has 1 aliphatic heterocycles. The van der Waals surface area contributed by atoms with Gasteiger partial charge in [-0.25, -0.2) is 0 Å². The van der Waals surface area contributed by atoms with Crippen molar-refractivity contribution in [3.05, 3.63) is 0 Å². The van der Waals surface area contributed by atoms with Crippen molar-refractivity contribution >= 4 is 0 Å². The predicted octanol–water partition coefficient (Wildman–Crippen LogP) is 2.78. The van der Waals surface area contributed by atoms with E-state index in [0.29, 0.717) is 11.6 Å². The molecule has 1 heterocycles. The van der Waals surface area contributed by atoms with E-state index < -0.39 is 0 Å². The van der Waals surface area contributed by atoms with Crippen molar-refractivity contribution in [1.82, 2.24) is 10.2 Å². The SMILES string of the molecule is CCC1CNC2(CCCCC2)CN1C(C)C. The van der Waals surface area contributed by atoms with Crippen molar-refractivity contribution in [2.45, 2.75) is 76.9 Å². The summed E-state index contributed by atoms with van der Waals surface area (Å²) >= 11 is 0. The third kappa shape index (κ3) is 2.43. The molecule has 1 N–H and O–H groups in total. The summed E-state index contributed by atoms with van der Waals surface area (Å²) in [5.74, 6) is 0. The number of nitrogens with zero attached hydrogens (tertiary/aromatic N) is 1. The average molecular weight is 224 g/mol. The zero-order valence-corrected chi connectivity index (χ0v) is 11.3. The van der Waals surface area contributed by atoms with E-state index in [9.17, 15) is 0 Å². The fraction of sp³-hybridized carbons (Fsp3) is 1.00. The first-order valence-electron chi connectivity index (χ1n) is 7.18. The summed E-state index contributed by atoms with van der Waals surface area (Å²) < 4.78 is 0. The summed E-state index contributed by atoms with van der Waals surface area (Å²) in [6.45, 7) is 9.51. The molecular formula is C14H28N2. The van der Waals surface area contributed by atoms with Crippen LogP contribution in [0.15, 0.2) is 0 Å². The van der Waals surface area contributed by atoms with Crippen molar-refractivity contribution in [2.75, 3.05) is 13.1 Å². The maximum absolute atomic E-state index is 3.88. The molecule has 1 saturated heterocycles. The van der Waals surface area contributed by atoms with Gasteiger partial charge in [0.25, 0.3) is 0 Å². The monoisotopic (exact) mass is 224 g/mol. The van der Waals surface area contributed by atoms with Crippen LogP contribution in [-0.2, 0) is 0 Å². The van der Waals surface area contributed by atoms with Gasteiger partial charge in [0.1, 0.15) is 0 Å². The Hall–Kier alpha value is -0.0800. The van der Waals surface area contributed by atoms with Gasteiger partial charge in [-0.2, -0.15) is 0 Å². The number of hydrogen-bond donors (Lipinski definition) is 1. The maximum atomic E-state index is 3.88. The Balaban J connectivity index is 2.04. The highest BCUT2D eigenvalue weighted by molar-refractivity contribution is 5.00. The lowest BCUT2D eigenvalue weighted by atomic mass is 9.79. The number of rotatable bonds is 2. The van der Waals surface area contributed by atoms with E-state index >= 15 is 0 Å². The lowest BCUT2D eigenvalue weighted by Crippen LogP contribution is -2.65. The highest BCUT2D eigenvalue weighted by Gasteiger charge is 2.39. The molecule has 0 bridgehead atoms. The summed E-state index contributed by atoms with van der Waals surface area (Å²) in [6.07, 6.45) is 8.37. The van der Waals surface area contributed by atoms with Crippen LogP contribution in [-0.4, -0.2) is 35.6 Å². The lowest BCUT2D eigenvalue weighted by molar-refractivity contribution is 0.0326. The van der Waals surface area contributed by atoms with E-state index in [4.69, 9.17) is 0 Å². The predicted molar refractivity (Wildman–Crippen MR) is 69.7 cm³/mol. The highest BCUT2D eigenvalue weighted by atomic mass is 15.3. The van der Waals surface area contributed by atoms with Crippen molar-refractivity contribution in [3.63, 3.8) is 0 Å². The molecule has 16 heavy (non-hydrogen) atoms. The standard InChI is InChI=1S/C14H28N2/c1-4-13-10-15-14(8-6-5-7-9-14)11-16(13)12(2)3/h12-13,15H,4-11H2,1-3H3. The minimum absolute atomic E-state index is 0.466. The van der Waals surface area contributed by atoms with Gasteiger partial charge in [-0.05, 0) is 33.1 Å². The minimum Gasteiger partial charge on any atom is -0.308 e. The van der Waals surface area contributed by atoms with E-state index in [0.717, 1.165) is 6.04 Å². The van der Waals surface area contributed by atoms with Crippen LogP contribution in [0, 0.1) is 0 Å². The largest absolute Gasteiger partial charge is 0.308 e. The Kier molecular flexibility index (Phi) is 3.91. The minimum atomic E-state index is 0.466. The van der Waals surface area contributed by atoms with Crippen LogP contribution in [0.4, 0.5) is 0 Å². The Morgan fingerprint density at radius 3 is 2.50 bits per heavy atom. The van der Waals surface area contributed by atoms with Crippen molar-refractivity contribution < 1.29 is 0 Å². The molecule has 1 spiro atoms. The van der Waals surface area contributed by atoms with E-state index in [1.165, 1.54) is 51.6 Å². The van der Waals surface area contributed by atoms with Crippen molar-refractivity contribution in [2.24, 2.45) is 0 Å². The molecule has 0 aromatic carbocycles. The van der Waals surface area contributed by atoms with Crippen LogP contribution in [0.5, 0.6) is 0 Å². The first-order chi connectivity index (χ1) is 7.67. The Bertz CT molecular complexity index is 219. The molecule has 1 aliphatic carbocycles. The van der Waals surface area contributed by atoms with E-state index in [2.05, 4.69) is 31.0 Å². The Labute approximate surface area is 101 Å². The molecule has 0 aromatic heterocycles. The molecule has 2 rings (SSSR count). The van der Waals surface area contributed by atoms with Gasteiger partial charge in [0.2, 0.25) is 0 Å². The molecule has 2 heteroatoms. The molecule has 1 unspecified atom stereocenters. The summed E-state index contributed by atoms with van der Waals surface area (Å²) in [5.41, 5.74) is 0.466. The topological polar surface area (TPSA) is 15.3 Å². The number of nitrogens with one attached hydrogen (secondary N) is 1. The second kappa shape index (κ2) is 5.05. The normalized spacial score (nSPS) is 31.1. The van der Waals surface area contributed by atoms with Crippen LogP contribution in [0.2, 0.25) is 0 Å². The van der Waals surface area contributed by atoms with Crippen LogP contribution < -0.4 is 5.32 Å². The van der Waals surface area contributed by atoms with Crippen LogP contribution in [0.25, 0.3) is 0 Å². The van der Waals surface area contributed by atoms with E-state index in [1.807, 2.05) is 0 Å². The first kappa shape index (κ1) is 12.4. The zero-order valence-electron chi connectivity index (χ0n) is 11.3. The van der Waals surface area contributed by atoms with Crippen molar-refractivity contribution in [3.8, 4) is 0 Å². The average Bonchev–Trinajstić information content (AvgIpc) is 2.30. The van der Waals surface area contributed by atoms with Gasteiger partial charge in [-0.1, -0.05) is 26.2 Å². The fourth-order valence-corrected chi connectivity index (χ4v) is 3.53. The fourth-order valence-electron chi connectivity index (χ4n) is 3.53. The molecule has 94 valence electrons. The zero-order chi connectivity index (χ0) is 11.6. The third-order valence-corrected chi connectivity index (χ3v) is 4.61. The summed E-state index contributed by atoms with van der Waals surface area (Å²) in [4.78, 5) is 2.74. The molecule has 0 aromatic rings. The van der Waals surface area contributed by atoms with E-state index in [-0.39, 0.29) is 0 Å². The summed E-state index contributed by atoms with van der Waals surface area (Å²) in [7, 11) is 0. The third-order valence-electron chi connectivity index (χ3n) is 4.61. The Morgan fingerprint density at radius 2 is 1.94 bits per heavy atom. The van der Waals surface area contributed by atoms with E-state index in [1.54, 1.807) is 0 Å². The smallest absolute Gasteiger partial charge is 0.0309 e. The number of piperazine rings is 1. The number of hydrogen-bond acceptors (Lipinski definition) is 2. The van der Waals surface area contributed by atoms with Gasteiger partial charge in [-0.15, -0.1) is 0 Å². The molecular weight excluding hydrogens is 196 g/mol. The summed E-state index contributed by atoms with van der Waals surface area (Å²) in [5, 5.41) is 3.88. The molecule has 1 atom stereocenters. The van der Waals surface area contributed by atoms with Gasteiger partial charge in [-0.3, -0.25) is 4.90 Å². The van der Waals surface area contributed by atoms with Crippen LogP contribution >= 0.6 is 0 Å². The van der Waals surface area contributed by atoms with Gasteiger partial charge in [0.05, 0.1) is 0 Å². The molecule has 2 fully saturated rings. The lowest BCUT2D eigenvalue weighted by Gasteiger charge is -2.51. The van der Waals surface area contributed by atoms with Gasteiger partial charge < -0.3 is 5.32 Å². The second-order valence-electron chi connectivity index (χ2n) is 6.05.